The van der Waals surface area contributed by atoms with Gasteiger partial charge in [-0.15, -0.1) is 0 Å². The van der Waals surface area contributed by atoms with E-state index in [9.17, 15) is 14.4 Å². The van der Waals surface area contributed by atoms with Gasteiger partial charge in [0.05, 0.1) is 24.5 Å². The van der Waals surface area contributed by atoms with Gasteiger partial charge in [0.1, 0.15) is 5.78 Å². The first kappa shape index (κ1) is 22.9. The monoisotopic (exact) mass is 441 g/mol. The third-order valence-corrected chi connectivity index (χ3v) is 7.57. The van der Waals surface area contributed by atoms with Crippen LogP contribution in [-0.4, -0.2) is 91.3 Å². The maximum atomic E-state index is 13.3. The van der Waals surface area contributed by atoms with Crippen LogP contribution in [0.5, 0.6) is 0 Å². The molecule has 174 valence electrons. The van der Waals surface area contributed by atoms with Gasteiger partial charge in [0.25, 0.3) is 0 Å². The normalized spacial score (nSPS) is 24.4. The van der Waals surface area contributed by atoms with Crippen LogP contribution >= 0.6 is 0 Å². The number of morpholine rings is 1. The summed E-state index contributed by atoms with van der Waals surface area (Å²) in [5.74, 6) is 0.326. The van der Waals surface area contributed by atoms with Gasteiger partial charge in [0, 0.05) is 52.2 Å². The van der Waals surface area contributed by atoms with Gasteiger partial charge in [-0.05, 0) is 31.7 Å². The Hall–Kier alpha value is -2.25. The van der Waals surface area contributed by atoms with E-state index in [4.69, 9.17) is 4.74 Å². The van der Waals surface area contributed by atoms with Crippen molar-refractivity contribution in [3.05, 3.63) is 35.9 Å². The SMILES string of the molecule is CC(=O)C1(c2ccccc2)CCN(C(=O)C2CCC(=O)N(CCN3CCOCC3)C2)CC1. The van der Waals surface area contributed by atoms with Crippen LogP contribution in [0.1, 0.15) is 38.2 Å². The van der Waals surface area contributed by atoms with Crippen LogP contribution in [0.3, 0.4) is 0 Å². The highest BCUT2D eigenvalue weighted by atomic mass is 16.5. The second-order valence-electron chi connectivity index (χ2n) is 9.36. The number of ketones is 1. The first-order chi connectivity index (χ1) is 15.5. The lowest BCUT2D eigenvalue weighted by Gasteiger charge is -2.42. The zero-order valence-electron chi connectivity index (χ0n) is 19.1. The van der Waals surface area contributed by atoms with Gasteiger partial charge in [-0.2, -0.15) is 0 Å². The summed E-state index contributed by atoms with van der Waals surface area (Å²) in [6, 6.07) is 9.96. The number of rotatable bonds is 6. The minimum Gasteiger partial charge on any atom is -0.379 e. The number of piperidine rings is 2. The van der Waals surface area contributed by atoms with Gasteiger partial charge in [0.2, 0.25) is 11.8 Å². The number of ether oxygens (including phenoxy) is 1. The molecule has 0 spiro atoms. The van der Waals surface area contributed by atoms with E-state index in [0.29, 0.717) is 51.9 Å². The molecule has 4 rings (SSSR count). The summed E-state index contributed by atoms with van der Waals surface area (Å²) in [7, 11) is 0. The molecule has 3 aliphatic rings. The zero-order chi connectivity index (χ0) is 22.6. The van der Waals surface area contributed by atoms with Gasteiger partial charge in [-0.1, -0.05) is 30.3 Å². The molecular formula is C25H35N3O4. The van der Waals surface area contributed by atoms with Gasteiger partial charge in [-0.3, -0.25) is 19.3 Å². The van der Waals surface area contributed by atoms with E-state index in [1.807, 2.05) is 40.1 Å². The number of hydrogen-bond acceptors (Lipinski definition) is 5. The van der Waals surface area contributed by atoms with Crippen LogP contribution in [-0.2, 0) is 24.5 Å². The van der Waals surface area contributed by atoms with Crippen LogP contribution < -0.4 is 0 Å². The Bertz CT molecular complexity index is 814. The van der Waals surface area contributed by atoms with Crippen LogP contribution in [0.4, 0.5) is 0 Å². The van der Waals surface area contributed by atoms with E-state index in [-0.39, 0.29) is 23.5 Å². The molecule has 7 heteroatoms. The molecule has 0 N–H and O–H groups in total. The minimum atomic E-state index is -0.495. The Morgan fingerprint density at radius 1 is 1.03 bits per heavy atom. The van der Waals surface area contributed by atoms with E-state index in [2.05, 4.69) is 4.90 Å². The molecule has 3 saturated heterocycles. The summed E-state index contributed by atoms with van der Waals surface area (Å²) in [6.45, 7) is 8.15. The number of carbonyl (C=O) groups excluding carboxylic acids is 3. The molecule has 0 aliphatic carbocycles. The second-order valence-corrected chi connectivity index (χ2v) is 9.36. The Balaban J connectivity index is 1.34. The predicted molar refractivity (Wildman–Crippen MR) is 121 cm³/mol. The average Bonchev–Trinajstić information content (AvgIpc) is 2.84. The largest absolute Gasteiger partial charge is 0.379 e. The molecule has 2 amide bonds. The van der Waals surface area contributed by atoms with Crippen LogP contribution in [0, 0.1) is 5.92 Å². The fourth-order valence-corrected chi connectivity index (χ4v) is 5.39. The fourth-order valence-electron chi connectivity index (χ4n) is 5.39. The number of nitrogens with zero attached hydrogens (tertiary/aromatic N) is 3. The predicted octanol–water partition coefficient (Wildman–Crippen LogP) is 1.71. The van der Waals surface area contributed by atoms with Crippen molar-refractivity contribution >= 4 is 17.6 Å². The topological polar surface area (TPSA) is 70.2 Å². The second kappa shape index (κ2) is 10.1. The van der Waals surface area contributed by atoms with Crippen LogP contribution in [0.2, 0.25) is 0 Å². The average molecular weight is 442 g/mol. The third-order valence-electron chi connectivity index (χ3n) is 7.57. The third kappa shape index (κ3) is 4.89. The van der Waals surface area contributed by atoms with E-state index >= 15 is 0 Å². The molecule has 3 fully saturated rings. The summed E-state index contributed by atoms with van der Waals surface area (Å²) in [4.78, 5) is 44.5. The number of carbonyl (C=O) groups is 3. The van der Waals surface area contributed by atoms with Crippen molar-refractivity contribution in [3.8, 4) is 0 Å². The lowest BCUT2D eigenvalue weighted by molar-refractivity contribution is -0.145. The smallest absolute Gasteiger partial charge is 0.227 e. The zero-order valence-corrected chi connectivity index (χ0v) is 19.1. The molecule has 0 bridgehead atoms. The first-order valence-corrected chi connectivity index (χ1v) is 11.9. The molecule has 7 nitrogen and oxygen atoms in total. The fraction of sp³-hybridized carbons (Fsp3) is 0.640. The molecule has 0 radical (unpaired) electrons. The van der Waals surface area contributed by atoms with Crippen molar-refractivity contribution in [2.24, 2.45) is 5.92 Å². The maximum absolute atomic E-state index is 13.3. The molecule has 1 aromatic rings. The van der Waals surface area contributed by atoms with Crippen molar-refractivity contribution in [2.45, 2.75) is 38.0 Å². The highest BCUT2D eigenvalue weighted by molar-refractivity contribution is 5.89. The number of likely N-dealkylation sites (tertiary alicyclic amines) is 2. The molecule has 1 aromatic carbocycles. The number of benzene rings is 1. The van der Waals surface area contributed by atoms with Gasteiger partial charge >= 0.3 is 0 Å². The maximum Gasteiger partial charge on any atom is 0.227 e. The van der Waals surface area contributed by atoms with Gasteiger partial charge < -0.3 is 14.5 Å². The molecule has 1 unspecified atom stereocenters. The lowest BCUT2D eigenvalue weighted by atomic mass is 9.70. The number of hydrogen-bond donors (Lipinski definition) is 0. The molecule has 32 heavy (non-hydrogen) atoms. The van der Waals surface area contributed by atoms with Gasteiger partial charge in [0.15, 0.2) is 0 Å². The number of Topliss-reactive ketones (excluding diaryl/α,β-unsaturated/α-hetero) is 1. The van der Waals surface area contributed by atoms with E-state index < -0.39 is 5.41 Å². The molecule has 3 heterocycles. The molecule has 0 aromatic heterocycles. The Labute approximate surface area is 190 Å². The summed E-state index contributed by atoms with van der Waals surface area (Å²) < 4.78 is 5.39. The van der Waals surface area contributed by atoms with E-state index in [0.717, 1.165) is 38.4 Å². The minimum absolute atomic E-state index is 0.138. The quantitative estimate of drug-likeness (QED) is 0.672. The summed E-state index contributed by atoms with van der Waals surface area (Å²) >= 11 is 0. The number of amides is 2. The first-order valence-electron chi connectivity index (χ1n) is 11.9. The highest BCUT2D eigenvalue weighted by Gasteiger charge is 2.42. The molecular weight excluding hydrogens is 406 g/mol. The van der Waals surface area contributed by atoms with E-state index in [1.54, 1.807) is 6.92 Å². The van der Waals surface area contributed by atoms with Crippen molar-refractivity contribution in [3.63, 3.8) is 0 Å². The lowest BCUT2D eigenvalue weighted by Crippen LogP contribution is -2.53. The van der Waals surface area contributed by atoms with E-state index in [1.165, 1.54) is 0 Å². The summed E-state index contributed by atoms with van der Waals surface area (Å²) in [6.07, 6.45) is 2.38. The summed E-state index contributed by atoms with van der Waals surface area (Å²) in [5.41, 5.74) is 0.558. The Kier molecular flexibility index (Phi) is 7.26. The highest BCUT2D eigenvalue weighted by Crippen LogP contribution is 2.37. The summed E-state index contributed by atoms with van der Waals surface area (Å²) in [5, 5.41) is 0. The van der Waals surface area contributed by atoms with Crippen molar-refractivity contribution in [1.29, 1.82) is 0 Å². The van der Waals surface area contributed by atoms with Gasteiger partial charge in [-0.25, -0.2) is 0 Å². The Morgan fingerprint density at radius 2 is 1.72 bits per heavy atom. The molecule has 1 atom stereocenters. The van der Waals surface area contributed by atoms with Crippen molar-refractivity contribution in [1.82, 2.24) is 14.7 Å². The van der Waals surface area contributed by atoms with Crippen molar-refractivity contribution < 1.29 is 19.1 Å². The van der Waals surface area contributed by atoms with Crippen LogP contribution in [0.25, 0.3) is 0 Å². The molecule has 3 aliphatic heterocycles. The van der Waals surface area contributed by atoms with Crippen LogP contribution in [0.15, 0.2) is 30.3 Å². The standard InChI is InChI=1S/C25H35N3O4/c1-20(29)25(22-5-3-2-4-6-22)9-11-27(12-10-25)24(31)21-7-8-23(30)28(19-21)14-13-26-15-17-32-18-16-26/h2-6,21H,7-19H2,1H3. The van der Waals surface area contributed by atoms with Crippen molar-refractivity contribution in [2.75, 3.05) is 59.0 Å². The Morgan fingerprint density at radius 3 is 2.38 bits per heavy atom. The molecule has 0 saturated carbocycles.